The van der Waals surface area contributed by atoms with Gasteiger partial charge in [-0.3, -0.25) is 4.90 Å². The molecule has 0 atom stereocenters. The van der Waals surface area contributed by atoms with Crippen molar-refractivity contribution in [2.24, 2.45) is 5.73 Å². The Bertz CT molecular complexity index is 555. The van der Waals surface area contributed by atoms with Crippen LogP contribution < -0.4 is 10.6 Å². The van der Waals surface area contributed by atoms with Gasteiger partial charge in [0.15, 0.2) is 5.82 Å². The number of fused-ring (bicyclic) bond motifs is 1. The fourth-order valence-corrected chi connectivity index (χ4v) is 2.64. The molecule has 0 aliphatic carbocycles. The third-order valence-electron chi connectivity index (χ3n) is 3.61. The highest BCUT2D eigenvalue weighted by Gasteiger charge is 2.19. The van der Waals surface area contributed by atoms with Crippen molar-refractivity contribution in [2.75, 3.05) is 44.2 Å². The first-order valence-electron chi connectivity index (χ1n) is 6.76. The Hall–Kier alpha value is -1.66. The van der Waals surface area contributed by atoms with Crippen molar-refractivity contribution in [3.63, 3.8) is 0 Å². The van der Waals surface area contributed by atoms with Crippen molar-refractivity contribution in [1.82, 2.24) is 19.5 Å². The third kappa shape index (κ3) is 2.41. The van der Waals surface area contributed by atoms with Crippen LogP contribution >= 0.6 is 0 Å². The van der Waals surface area contributed by atoms with Crippen molar-refractivity contribution in [2.45, 2.75) is 6.92 Å². The largest absolute Gasteiger partial charge is 0.352 e. The second-order valence-corrected chi connectivity index (χ2v) is 4.98. The minimum atomic E-state index is 0.732. The molecule has 2 aromatic heterocycles. The Labute approximate surface area is 112 Å². The summed E-state index contributed by atoms with van der Waals surface area (Å²) in [6.07, 6.45) is 3.72. The maximum Gasteiger partial charge on any atom is 0.154 e. The van der Waals surface area contributed by atoms with Gasteiger partial charge in [-0.05, 0) is 13.0 Å². The average Bonchev–Trinajstić information content (AvgIpc) is 2.80. The standard InChI is InChI=1S/C13H20N6/c1-11-10-12-13(15-3-5-19(12)16-11)18-8-6-17(4-2-14)7-9-18/h3,5,10H,2,4,6-9,14H2,1H3. The van der Waals surface area contributed by atoms with Crippen LogP contribution in [0.5, 0.6) is 0 Å². The van der Waals surface area contributed by atoms with Crippen LogP contribution in [-0.4, -0.2) is 58.8 Å². The minimum Gasteiger partial charge on any atom is -0.352 e. The summed E-state index contributed by atoms with van der Waals surface area (Å²) >= 11 is 0. The fourth-order valence-electron chi connectivity index (χ4n) is 2.64. The van der Waals surface area contributed by atoms with Crippen LogP contribution in [0.25, 0.3) is 5.52 Å². The first kappa shape index (κ1) is 12.4. The van der Waals surface area contributed by atoms with Crippen LogP contribution in [-0.2, 0) is 0 Å². The van der Waals surface area contributed by atoms with Crippen molar-refractivity contribution in [3.8, 4) is 0 Å². The van der Waals surface area contributed by atoms with Gasteiger partial charge in [-0.1, -0.05) is 0 Å². The summed E-state index contributed by atoms with van der Waals surface area (Å²) in [5.74, 6) is 1.04. The number of nitrogens with zero attached hydrogens (tertiary/aromatic N) is 5. The number of rotatable bonds is 3. The van der Waals surface area contributed by atoms with E-state index in [0.717, 1.165) is 56.3 Å². The molecule has 0 amide bonds. The van der Waals surface area contributed by atoms with Crippen molar-refractivity contribution in [3.05, 3.63) is 24.2 Å². The lowest BCUT2D eigenvalue weighted by Gasteiger charge is -2.35. The molecule has 1 aliphatic rings. The lowest BCUT2D eigenvalue weighted by Crippen LogP contribution is -2.48. The summed E-state index contributed by atoms with van der Waals surface area (Å²) in [6, 6.07) is 2.09. The molecule has 3 heterocycles. The molecule has 0 saturated carbocycles. The zero-order valence-electron chi connectivity index (χ0n) is 11.3. The van der Waals surface area contributed by atoms with E-state index < -0.39 is 0 Å². The Morgan fingerprint density at radius 2 is 2.05 bits per heavy atom. The molecule has 3 rings (SSSR count). The van der Waals surface area contributed by atoms with Crippen LogP contribution in [0.15, 0.2) is 18.5 Å². The molecule has 1 fully saturated rings. The zero-order chi connectivity index (χ0) is 13.2. The predicted octanol–water partition coefficient (Wildman–Crippen LogP) is 0.118. The summed E-state index contributed by atoms with van der Waals surface area (Å²) < 4.78 is 1.91. The molecule has 0 aromatic carbocycles. The maximum atomic E-state index is 5.60. The molecule has 0 bridgehead atoms. The van der Waals surface area contributed by atoms with Gasteiger partial charge < -0.3 is 10.6 Å². The van der Waals surface area contributed by atoms with Crippen molar-refractivity contribution < 1.29 is 0 Å². The molecular weight excluding hydrogens is 240 g/mol. The van der Waals surface area contributed by atoms with Gasteiger partial charge in [0, 0.05) is 51.7 Å². The molecule has 0 spiro atoms. The van der Waals surface area contributed by atoms with Crippen LogP contribution in [0.4, 0.5) is 5.82 Å². The highest BCUT2D eigenvalue weighted by Crippen LogP contribution is 2.20. The molecular formula is C13H20N6. The van der Waals surface area contributed by atoms with E-state index in [1.54, 1.807) is 0 Å². The lowest BCUT2D eigenvalue weighted by atomic mass is 10.3. The normalized spacial score (nSPS) is 17.3. The Kier molecular flexibility index (Phi) is 3.35. The van der Waals surface area contributed by atoms with E-state index in [-0.39, 0.29) is 0 Å². The van der Waals surface area contributed by atoms with E-state index in [1.807, 2.05) is 23.8 Å². The van der Waals surface area contributed by atoms with Crippen molar-refractivity contribution in [1.29, 1.82) is 0 Å². The second kappa shape index (κ2) is 5.14. The van der Waals surface area contributed by atoms with Gasteiger partial charge in [0.1, 0.15) is 5.52 Å². The van der Waals surface area contributed by atoms with Gasteiger partial charge in [0.25, 0.3) is 0 Å². The van der Waals surface area contributed by atoms with E-state index >= 15 is 0 Å². The quantitative estimate of drug-likeness (QED) is 0.849. The van der Waals surface area contributed by atoms with Crippen LogP contribution in [0.2, 0.25) is 0 Å². The number of anilines is 1. The van der Waals surface area contributed by atoms with E-state index in [0.29, 0.717) is 0 Å². The first-order valence-corrected chi connectivity index (χ1v) is 6.76. The van der Waals surface area contributed by atoms with Gasteiger partial charge in [0.05, 0.1) is 5.69 Å². The van der Waals surface area contributed by atoms with Gasteiger partial charge in [-0.2, -0.15) is 5.10 Å². The molecule has 2 aromatic rings. The highest BCUT2D eigenvalue weighted by molar-refractivity contribution is 5.69. The van der Waals surface area contributed by atoms with Gasteiger partial charge in [-0.15, -0.1) is 0 Å². The number of hydrogen-bond acceptors (Lipinski definition) is 5. The minimum absolute atomic E-state index is 0.732. The molecule has 2 N–H and O–H groups in total. The topological polar surface area (TPSA) is 62.7 Å². The average molecular weight is 260 g/mol. The summed E-state index contributed by atoms with van der Waals surface area (Å²) in [5.41, 5.74) is 7.72. The number of nitrogens with two attached hydrogens (primary N) is 1. The van der Waals surface area contributed by atoms with E-state index in [2.05, 4.69) is 25.9 Å². The second-order valence-electron chi connectivity index (χ2n) is 4.98. The number of aromatic nitrogens is 3. The molecule has 0 radical (unpaired) electrons. The van der Waals surface area contributed by atoms with Gasteiger partial charge in [0.2, 0.25) is 0 Å². The Morgan fingerprint density at radius 1 is 1.26 bits per heavy atom. The Morgan fingerprint density at radius 3 is 2.79 bits per heavy atom. The van der Waals surface area contributed by atoms with E-state index in [9.17, 15) is 0 Å². The molecule has 19 heavy (non-hydrogen) atoms. The summed E-state index contributed by atoms with van der Waals surface area (Å²) in [6.45, 7) is 7.82. The molecule has 6 heteroatoms. The van der Waals surface area contributed by atoms with Crippen LogP contribution in [0.3, 0.4) is 0 Å². The summed E-state index contributed by atoms with van der Waals surface area (Å²) in [5, 5.41) is 4.44. The van der Waals surface area contributed by atoms with Crippen LogP contribution in [0, 0.1) is 6.92 Å². The maximum absolute atomic E-state index is 5.60. The molecule has 1 saturated heterocycles. The van der Waals surface area contributed by atoms with Gasteiger partial charge >= 0.3 is 0 Å². The first-order chi connectivity index (χ1) is 9.28. The smallest absolute Gasteiger partial charge is 0.154 e. The van der Waals surface area contributed by atoms with Crippen LogP contribution in [0.1, 0.15) is 5.69 Å². The SMILES string of the molecule is Cc1cc2c(N3CCN(CCN)CC3)nccn2n1. The number of aryl methyl sites for hydroxylation is 1. The molecule has 0 unspecified atom stereocenters. The number of hydrogen-bond donors (Lipinski definition) is 1. The summed E-state index contributed by atoms with van der Waals surface area (Å²) in [4.78, 5) is 9.27. The lowest BCUT2D eigenvalue weighted by molar-refractivity contribution is 0.264. The van der Waals surface area contributed by atoms with E-state index in [1.165, 1.54) is 0 Å². The fraction of sp³-hybridized carbons (Fsp3) is 0.538. The number of piperazine rings is 1. The monoisotopic (exact) mass is 260 g/mol. The highest BCUT2D eigenvalue weighted by atomic mass is 15.3. The molecule has 1 aliphatic heterocycles. The van der Waals surface area contributed by atoms with Gasteiger partial charge in [-0.25, -0.2) is 9.50 Å². The third-order valence-corrected chi connectivity index (χ3v) is 3.61. The predicted molar refractivity (Wildman–Crippen MR) is 75.4 cm³/mol. The van der Waals surface area contributed by atoms with Crippen molar-refractivity contribution >= 4 is 11.3 Å². The molecule has 102 valence electrons. The molecule has 6 nitrogen and oxygen atoms in total. The zero-order valence-corrected chi connectivity index (χ0v) is 11.3. The van der Waals surface area contributed by atoms with E-state index in [4.69, 9.17) is 5.73 Å². The summed E-state index contributed by atoms with van der Waals surface area (Å²) in [7, 11) is 0. The Balaban J connectivity index is 1.81.